The van der Waals surface area contributed by atoms with Crippen molar-refractivity contribution in [3.63, 3.8) is 0 Å². The molecule has 1 aliphatic heterocycles. The van der Waals surface area contributed by atoms with Crippen LogP contribution >= 0.6 is 0 Å². The first kappa shape index (κ1) is 25.3. The topological polar surface area (TPSA) is 75.6 Å². The molecule has 0 saturated carbocycles. The number of piperazine rings is 1. The van der Waals surface area contributed by atoms with E-state index < -0.39 is 10.0 Å². The monoisotopic (exact) mass is 494 g/mol. The van der Waals surface area contributed by atoms with Crippen LogP contribution in [0.1, 0.15) is 35.7 Å². The molecule has 8 heteroatoms. The van der Waals surface area contributed by atoms with Crippen molar-refractivity contribution < 1.29 is 13.2 Å². The molecular formula is C27H34N4O3S. The SMILES string of the molecule is CCCS(=O)(=O)N1CCN(c2nc(-c3ccccc3)nc(COC)c2Cc2cccc(C)c2)CC1. The van der Waals surface area contributed by atoms with Gasteiger partial charge in [0.1, 0.15) is 5.82 Å². The highest BCUT2D eigenvalue weighted by Gasteiger charge is 2.29. The Hall–Kier alpha value is -2.81. The fourth-order valence-electron chi connectivity index (χ4n) is 4.52. The normalized spacial score (nSPS) is 14.9. The van der Waals surface area contributed by atoms with Gasteiger partial charge in [-0.15, -0.1) is 0 Å². The summed E-state index contributed by atoms with van der Waals surface area (Å²) < 4.78 is 32.4. The number of hydrogen-bond acceptors (Lipinski definition) is 6. The lowest BCUT2D eigenvalue weighted by molar-refractivity contribution is 0.180. The molecule has 0 radical (unpaired) electrons. The molecule has 2 heterocycles. The third kappa shape index (κ3) is 6.07. The van der Waals surface area contributed by atoms with Crippen molar-refractivity contribution in [2.24, 2.45) is 0 Å². The molecule has 1 aromatic heterocycles. The maximum absolute atomic E-state index is 12.6. The van der Waals surface area contributed by atoms with Crippen LogP contribution in [-0.4, -0.2) is 61.7 Å². The standard InChI is InChI=1S/C27H34N4O3S/c1-4-17-35(32,33)31-15-13-30(14-16-31)27-24(19-22-10-8-9-21(2)18-22)25(20-34-3)28-26(29-27)23-11-6-5-7-12-23/h5-12,18H,4,13-17,19-20H2,1-3H3. The minimum atomic E-state index is -3.22. The summed E-state index contributed by atoms with van der Waals surface area (Å²) in [5, 5.41) is 0. The lowest BCUT2D eigenvalue weighted by Gasteiger charge is -2.36. The van der Waals surface area contributed by atoms with E-state index in [4.69, 9.17) is 14.7 Å². The number of hydrogen-bond donors (Lipinski definition) is 0. The van der Waals surface area contributed by atoms with Gasteiger partial charge in [0.15, 0.2) is 5.82 Å². The van der Waals surface area contributed by atoms with Gasteiger partial charge in [0, 0.05) is 50.8 Å². The predicted octanol–water partition coefficient (Wildman–Crippen LogP) is 4.05. The van der Waals surface area contributed by atoms with Gasteiger partial charge in [-0.3, -0.25) is 0 Å². The molecule has 0 bridgehead atoms. The van der Waals surface area contributed by atoms with Crippen LogP contribution in [0.2, 0.25) is 0 Å². The van der Waals surface area contributed by atoms with E-state index in [1.165, 1.54) is 11.1 Å². The van der Waals surface area contributed by atoms with Crippen LogP contribution in [0.5, 0.6) is 0 Å². The van der Waals surface area contributed by atoms with E-state index in [-0.39, 0.29) is 5.75 Å². The van der Waals surface area contributed by atoms with Gasteiger partial charge >= 0.3 is 0 Å². The zero-order valence-corrected chi connectivity index (χ0v) is 21.6. The van der Waals surface area contributed by atoms with Gasteiger partial charge < -0.3 is 9.64 Å². The minimum absolute atomic E-state index is 0.190. The highest BCUT2D eigenvalue weighted by molar-refractivity contribution is 7.89. The fraction of sp³-hybridized carbons (Fsp3) is 0.407. The van der Waals surface area contributed by atoms with E-state index >= 15 is 0 Å². The van der Waals surface area contributed by atoms with Crippen molar-refractivity contribution >= 4 is 15.8 Å². The second kappa shape index (κ2) is 11.3. The molecular weight excluding hydrogens is 460 g/mol. The molecule has 1 fully saturated rings. The molecule has 0 unspecified atom stereocenters. The second-order valence-corrected chi connectivity index (χ2v) is 11.1. The van der Waals surface area contributed by atoms with Crippen LogP contribution in [0.15, 0.2) is 54.6 Å². The predicted molar refractivity (Wildman–Crippen MR) is 140 cm³/mol. The van der Waals surface area contributed by atoms with Gasteiger partial charge in [-0.2, -0.15) is 4.31 Å². The van der Waals surface area contributed by atoms with Gasteiger partial charge in [0.05, 0.1) is 18.1 Å². The third-order valence-corrected chi connectivity index (χ3v) is 8.32. The number of methoxy groups -OCH3 is 1. The smallest absolute Gasteiger partial charge is 0.214 e. The molecule has 1 aliphatic rings. The average Bonchev–Trinajstić information content (AvgIpc) is 2.86. The van der Waals surface area contributed by atoms with E-state index in [1.54, 1.807) is 11.4 Å². The van der Waals surface area contributed by atoms with Crippen LogP contribution in [-0.2, 0) is 27.8 Å². The molecule has 1 saturated heterocycles. The van der Waals surface area contributed by atoms with E-state index in [9.17, 15) is 8.42 Å². The van der Waals surface area contributed by atoms with Crippen molar-refractivity contribution in [2.45, 2.75) is 33.3 Å². The molecule has 0 atom stereocenters. The lowest BCUT2D eigenvalue weighted by Crippen LogP contribution is -2.49. The highest BCUT2D eigenvalue weighted by atomic mass is 32.2. The van der Waals surface area contributed by atoms with E-state index in [1.807, 2.05) is 37.3 Å². The van der Waals surface area contributed by atoms with E-state index in [2.05, 4.69) is 36.1 Å². The Balaban J connectivity index is 1.74. The van der Waals surface area contributed by atoms with Gasteiger partial charge in [0.25, 0.3) is 0 Å². The van der Waals surface area contributed by atoms with Crippen LogP contribution in [0.3, 0.4) is 0 Å². The highest BCUT2D eigenvalue weighted by Crippen LogP contribution is 2.29. The van der Waals surface area contributed by atoms with Crippen molar-refractivity contribution in [2.75, 3.05) is 43.9 Å². The summed E-state index contributed by atoms with van der Waals surface area (Å²) in [6.45, 7) is 6.44. The van der Waals surface area contributed by atoms with Crippen LogP contribution < -0.4 is 4.90 Å². The summed E-state index contributed by atoms with van der Waals surface area (Å²) in [5.41, 5.74) is 5.22. The molecule has 0 aliphatic carbocycles. The minimum Gasteiger partial charge on any atom is -0.378 e. The zero-order valence-electron chi connectivity index (χ0n) is 20.8. The van der Waals surface area contributed by atoms with Crippen LogP contribution in [0.25, 0.3) is 11.4 Å². The molecule has 186 valence electrons. The van der Waals surface area contributed by atoms with E-state index in [0.717, 1.165) is 22.6 Å². The Bertz CT molecular complexity index is 1240. The van der Waals surface area contributed by atoms with Gasteiger partial charge in [-0.25, -0.2) is 18.4 Å². The molecule has 0 amide bonds. The van der Waals surface area contributed by atoms with Crippen LogP contribution in [0, 0.1) is 6.92 Å². The van der Waals surface area contributed by atoms with Crippen molar-refractivity contribution in [3.05, 3.63) is 77.0 Å². The summed E-state index contributed by atoms with van der Waals surface area (Å²) in [5.74, 6) is 1.71. The quantitative estimate of drug-likeness (QED) is 0.447. The molecule has 7 nitrogen and oxygen atoms in total. The number of sulfonamides is 1. The van der Waals surface area contributed by atoms with Gasteiger partial charge in [-0.1, -0.05) is 67.1 Å². The molecule has 2 aromatic carbocycles. The zero-order chi connectivity index (χ0) is 24.8. The van der Waals surface area contributed by atoms with Crippen LogP contribution in [0.4, 0.5) is 5.82 Å². The maximum Gasteiger partial charge on any atom is 0.214 e. The first-order chi connectivity index (χ1) is 16.9. The number of ether oxygens (including phenoxy) is 1. The number of anilines is 1. The number of aromatic nitrogens is 2. The summed E-state index contributed by atoms with van der Waals surface area (Å²) in [6.07, 6.45) is 1.30. The van der Waals surface area contributed by atoms with Crippen molar-refractivity contribution in [1.82, 2.24) is 14.3 Å². The lowest BCUT2D eigenvalue weighted by atomic mass is 10.0. The van der Waals surface area contributed by atoms with Gasteiger partial charge in [0.2, 0.25) is 10.0 Å². The average molecular weight is 495 g/mol. The Morgan fingerprint density at radius 2 is 1.71 bits per heavy atom. The molecule has 35 heavy (non-hydrogen) atoms. The summed E-state index contributed by atoms with van der Waals surface area (Å²) in [4.78, 5) is 12.2. The Morgan fingerprint density at radius 1 is 0.971 bits per heavy atom. The number of rotatable bonds is 9. The molecule has 0 spiro atoms. The summed E-state index contributed by atoms with van der Waals surface area (Å²) >= 11 is 0. The molecule has 0 N–H and O–H groups in total. The number of aryl methyl sites for hydroxylation is 1. The van der Waals surface area contributed by atoms with Gasteiger partial charge in [-0.05, 0) is 18.9 Å². The third-order valence-electron chi connectivity index (χ3n) is 6.24. The van der Waals surface area contributed by atoms with Crippen molar-refractivity contribution in [3.8, 4) is 11.4 Å². The molecule has 3 aromatic rings. The van der Waals surface area contributed by atoms with E-state index in [0.29, 0.717) is 51.5 Å². The Labute approximate surface area is 208 Å². The summed E-state index contributed by atoms with van der Waals surface area (Å²) in [7, 11) is -1.54. The van der Waals surface area contributed by atoms with Crippen molar-refractivity contribution in [1.29, 1.82) is 0 Å². The largest absolute Gasteiger partial charge is 0.378 e. The Morgan fingerprint density at radius 3 is 2.37 bits per heavy atom. The fourth-order valence-corrected chi connectivity index (χ4v) is 6.02. The first-order valence-corrected chi connectivity index (χ1v) is 13.7. The summed E-state index contributed by atoms with van der Waals surface area (Å²) in [6, 6.07) is 18.4. The number of nitrogens with zero attached hydrogens (tertiary/aromatic N) is 4. The first-order valence-electron chi connectivity index (χ1n) is 12.1. The second-order valence-electron chi connectivity index (χ2n) is 8.96. The number of benzene rings is 2. The Kier molecular flexibility index (Phi) is 8.15. The molecule has 4 rings (SSSR count). The maximum atomic E-state index is 12.6.